The predicted molar refractivity (Wildman–Crippen MR) is 103 cm³/mol. The van der Waals surface area contributed by atoms with Gasteiger partial charge in [0.1, 0.15) is 18.1 Å². The molecule has 0 amide bonds. The van der Waals surface area contributed by atoms with Crippen molar-refractivity contribution < 1.29 is 14.3 Å². The van der Waals surface area contributed by atoms with Gasteiger partial charge in [-0.1, -0.05) is 35.9 Å². The molecule has 3 heteroatoms. The second-order valence-electron chi connectivity index (χ2n) is 6.43. The number of hydrogen-bond donors (Lipinski definition) is 0. The zero-order valence-corrected chi connectivity index (χ0v) is 15.3. The van der Waals surface area contributed by atoms with Gasteiger partial charge in [-0.25, -0.2) is 4.79 Å². The molecule has 3 aromatic carbocycles. The Bertz CT molecular complexity index is 894. The lowest BCUT2D eigenvalue weighted by atomic mass is 10.1. The molecule has 3 aromatic rings. The van der Waals surface area contributed by atoms with Crippen LogP contribution in [0.2, 0.25) is 0 Å². The summed E-state index contributed by atoms with van der Waals surface area (Å²) in [6.45, 7) is 6.52. The maximum atomic E-state index is 12.3. The van der Waals surface area contributed by atoms with Crippen LogP contribution in [0.25, 0.3) is 0 Å². The summed E-state index contributed by atoms with van der Waals surface area (Å²) in [4.78, 5) is 12.3. The molecule has 0 unspecified atom stereocenters. The molecule has 0 fully saturated rings. The molecule has 0 saturated carbocycles. The van der Waals surface area contributed by atoms with Crippen molar-refractivity contribution in [2.45, 2.75) is 27.4 Å². The molecule has 0 bridgehead atoms. The molecule has 26 heavy (non-hydrogen) atoms. The monoisotopic (exact) mass is 346 g/mol. The summed E-state index contributed by atoms with van der Waals surface area (Å²) in [7, 11) is 0. The van der Waals surface area contributed by atoms with Gasteiger partial charge in [-0.05, 0) is 73.9 Å². The molecule has 0 atom stereocenters. The number of carbonyl (C=O) groups excluding carboxylic acids is 1. The molecule has 0 saturated heterocycles. The van der Waals surface area contributed by atoms with E-state index in [2.05, 4.69) is 0 Å². The standard InChI is InChI=1S/C23H22O3/c1-16-4-11-21(12-5-16)25-15-19-7-9-20(10-8-19)23(24)26-22-13-6-17(2)18(3)14-22/h4-14H,15H2,1-3H3. The minimum absolute atomic E-state index is 0.362. The third-order valence-corrected chi connectivity index (χ3v) is 4.31. The Morgan fingerprint density at radius 3 is 2.08 bits per heavy atom. The zero-order valence-electron chi connectivity index (χ0n) is 15.3. The third kappa shape index (κ3) is 4.51. The fourth-order valence-corrected chi connectivity index (χ4v) is 2.48. The summed E-state index contributed by atoms with van der Waals surface area (Å²) in [5, 5.41) is 0. The van der Waals surface area contributed by atoms with Gasteiger partial charge in [0.2, 0.25) is 0 Å². The topological polar surface area (TPSA) is 35.5 Å². The van der Waals surface area contributed by atoms with Crippen LogP contribution < -0.4 is 9.47 Å². The minimum Gasteiger partial charge on any atom is -0.489 e. The van der Waals surface area contributed by atoms with Gasteiger partial charge in [0.05, 0.1) is 5.56 Å². The second-order valence-corrected chi connectivity index (χ2v) is 6.43. The number of benzene rings is 3. The Hall–Kier alpha value is -3.07. The van der Waals surface area contributed by atoms with Gasteiger partial charge in [0, 0.05) is 0 Å². The van der Waals surface area contributed by atoms with Crippen LogP contribution in [0.3, 0.4) is 0 Å². The Labute approximate surface area is 154 Å². The van der Waals surface area contributed by atoms with Crippen LogP contribution >= 0.6 is 0 Å². The van der Waals surface area contributed by atoms with E-state index >= 15 is 0 Å². The fourth-order valence-electron chi connectivity index (χ4n) is 2.48. The van der Waals surface area contributed by atoms with Crippen LogP contribution in [0.15, 0.2) is 66.7 Å². The van der Waals surface area contributed by atoms with E-state index in [0.717, 1.165) is 16.9 Å². The third-order valence-electron chi connectivity index (χ3n) is 4.31. The van der Waals surface area contributed by atoms with E-state index in [1.54, 1.807) is 12.1 Å². The molecular weight excluding hydrogens is 324 g/mol. The highest BCUT2D eigenvalue weighted by Gasteiger charge is 2.09. The maximum absolute atomic E-state index is 12.3. The highest BCUT2D eigenvalue weighted by molar-refractivity contribution is 5.91. The zero-order chi connectivity index (χ0) is 18.5. The molecular formula is C23H22O3. The molecule has 0 radical (unpaired) electrons. The normalized spacial score (nSPS) is 10.4. The number of carbonyl (C=O) groups is 1. The van der Waals surface area contributed by atoms with Crippen molar-refractivity contribution in [1.82, 2.24) is 0 Å². The lowest BCUT2D eigenvalue weighted by Crippen LogP contribution is -2.09. The number of rotatable bonds is 5. The summed E-state index contributed by atoms with van der Waals surface area (Å²) in [5.41, 5.74) is 4.97. The molecule has 0 aromatic heterocycles. The van der Waals surface area contributed by atoms with E-state index in [1.165, 1.54) is 11.1 Å². The van der Waals surface area contributed by atoms with Crippen molar-refractivity contribution in [2.75, 3.05) is 0 Å². The average Bonchev–Trinajstić information content (AvgIpc) is 2.65. The predicted octanol–water partition coefficient (Wildman–Crippen LogP) is 5.41. The van der Waals surface area contributed by atoms with E-state index in [4.69, 9.17) is 9.47 Å². The van der Waals surface area contributed by atoms with Crippen molar-refractivity contribution in [3.63, 3.8) is 0 Å². The van der Waals surface area contributed by atoms with Crippen molar-refractivity contribution in [1.29, 1.82) is 0 Å². The van der Waals surface area contributed by atoms with Crippen LogP contribution in [0.4, 0.5) is 0 Å². The molecule has 0 spiro atoms. The molecule has 0 aliphatic carbocycles. The highest BCUT2D eigenvalue weighted by Crippen LogP contribution is 2.18. The first-order valence-corrected chi connectivity index (χ1v) is 8.59. The van der Waals surface area contributed by atoms with Crippen molar-refractivity contribution in [2.24, 2.45) is 0 Å². The summed E-state index contributed by atoms with van der Waals surface area (Å²) in [6.07, 6.45) is 0. The summed E-state index contributed by atoms with van der Waals surface area (Å²) >= 11 is 0. The molecule has 0 heterocycles. The number of ether oxygens (including phenoxy) is 2. The second kappa shape index (κ2) is 7.87. The number of aryl methyl sites for hydroxylation is 3. The van der Waals surface area contributed by atoms with E-state index < -0.39 is 0 Å². The van der Waals surface area contributed by atoms with Crippen molar-refractivity contribution in [3.8, 4) is 11.5 Å². The van der Waals surface area contributed by atoms with Gasteiger partial charge in [-0.15, -0.1) is 0 Å². The lowest BCUT2D eigenvalue weighted by Gasteiger charge is -2.09. The van der Waals surface area contributed by atoms with Gasteiger partial charge < -0.3 is 9.47 Å². The lowest BCUT2D eigenvalue weighted by molar-refractivity contribution is 0.0734. The summed E-state index contributed by atoms with van der Waals surface area (Å²) < 4.78 is 11.2. The van der Waals surface area contributed by atoms with Crippen molar-refractivity contribution in [3.05, 3.63) is 94.5 Å². The van der Waals surface area contributed by atoms with Gasteiger partial charge in [0.15, 0.2) is 0 Å². The number of esters is 1. The molecule has 0 aliphatic rings. The SMILES string of the molecule is Cc1ccc(OCc2ccc(C(=O)Oc3ccc(C)c(C)c3)cc2)cc1. The van der Waals surface area contributed by atoms with E-state index in [-0.39, 0.29) is 5.97 Å². The van der Waals surface area contributed by atoms with Crippen molar-refractivity contribution >= 4 is 5.97 Å². The maximum Gasteiger partial charge on any atom is 0.343 e. The first-order chi connectivity index (χ1) is 12.5. The Morgan fingerprint density at radius 1 is 0.769 bits per heavy atom. The Balaban J connectivity index is 1.60. The smallest absolute Gasteiger partial charge is 0.343 e. The van der Waals surface area contributed by atoms with Gasteiger partial charge in [-0.3, -0.25) is 0 Å². The molecule has 132 valence electrons. The molecule has 3 rings (SSSR count). The van der Waals surface area contributed by atoms with Crippen LogP contribution in [0.5, 0.6) is 11.5 Å². The quantitative estimate of drug-likeness (QED) is 0.458. The van der Waals surface area contributed by atoms with E-state index in [9.17, 15) is 4.79 Å². The first kappa shape index (κ1) is 17.7. The molecule has 3 nitrogen and oxygen atoms in total. The average molecular weight is 346 g/mol. The number of hydrogen-bond acceptors (Lipinski definition) is 3. The Kier molecular flexibility index (Phi) is 5.37. The van der Waals surface area contributed by atoms with Crippen LogP contribution in [-0.2, 0) is 6.61 Å². The van der Waals surface area contributed by atoms with E-state index in [0.29, 0.717) is 17.9 Å². The first-order valence-electron chi connectivity index (χ1n) is 8.59. The highest BCUT2D eigenvalue weighted by atomic mass is 16.5. The van der Waals surface area contributed by atoms with Gasteiger partial charge >= 0.3 is 5.97 Å². The summed E-state index contributed by atoms with van der Waals surface area (Å²) in [5.74, 6) is 1.03. The largest absolute Gasteiger partial charge is 0.489 e. The Morgan fingerprint density at radius 2 is 1.42 bits per heavy atom. The van der Waals surface area contributed by atoms with Gasteiger partial charge in [0.25, 0.3) is 0 Å². The molecule has 0 N–H and O–H groups in total. The fraction of sp³-hybridized carbons (Fsp3) is 0.174. The minimum atomic E-state index is -0.362. The summed E-state index contributed by atoms with van der Waals surface area (Å²) in [6, 6.07) is 20.8. The van der Waals surface area contributed by atoms with Crippen LogP contribution in [0, 0.1) is 20.8 Å². The van der Waals surface area contributed by atoms with E-state index in [1.807, 2.05) is 75.4 Å². The van der Waals surface area contributed by atoms with Crippen LogP contribution in [-0.4, -0.2) is 5.97 Å². The molecule has 0 aliphatic heterocycles. The van der Waals surface area contributed by atoms with Gasteiger partial charge in [-0.2, -0.15) is 0 Å². The van der Waals surface area contributed by atoms with Crippen LogP contribution in [0.1, 0.15) is 32.6 Å².